The van der Waals surface area contributed by atoms with E-state index in [1.807, 2.05) is 113 Å². The summed E-state index contributed by atoms with van der Waals surface area (Å²) in [4.78, 5) is 12.0. The van der Waals surface area contributed by atoms with Gasteiger partial charge in [-0.1, -0.05) is 60.7 Å². The number of methoxy groups -OCH3 is 2. The summed E-state index contributed by atoms with van der Waals surface area (Å²) in [5.74, 6) is 1.41. The minimum Gasteiger partial charge on any atom is -0.497 e. The molecule has 258 valence electrons. The van der Waals surface area contributed by atoms with Gasteiger partial charge in [-0.15, -0.1) is 0 Å². The summed E-state index contributed by atoms with van der Waals surface area (Å²) in [6.45, 7) is 8.40. The molecule has 4 rings (SSSR count). The van der Waals surface area contributed by atoms with E-state index >= 15 is 0 Å². The van der Waals surface area contributed by atoms with Crippen LogP contribution in [0.5, 0.6) is 11.5 Å². The predicted molar refractivity (Wildman–Crippen MR) is 190 cm³/mol. The minimum atomic E-state index is -1.57. The van der Waals surface area contributed by atoms with Crippen molar-refractivity contribution in [3.63, 3.8) is 0 Å². The maximum Gasteiger partial charge on any atom is 0.275 e. The van der Waals surface area contributed by atoms with Crippen LogP contribution < -0.4 is 9.47 Å². The Labute approximate surface area is 290 Å². The van der Waals surface area contributed by atoms with Gasteiger partial charge in [-0.2, -0.15) is 5.26 Å². The molecule has 1 atom stereocenters. The highest BCUT2D eigenvalue weighted by Gasteiger charge is 2.38. The predicted octanol–water partition coefficient (Wildman–Crippen LogP) is 8.91. The van der Waals surface area contributed by atoms with E-state index in [0.29, 0.717) is 22.6 Å². The first-order chi connectivity index (χ1) is 23.6. The van der Waals surface area contributed by atoms with E-state index in [9.17, 15) is 10.1 Å². The Morgan fingerprint density at radius 2 is 1.35 bits per heavy atom. The number of rotatable bonds is 18. The van der Waals surface area contributed by atoms with Crippen LogP contribution in [-0.4, -0.2) is 42.5 Å². The second-order valence-electron chi connectivity index (χ2n) is 11.8. The SMILES string of the molecule is COc1ccc(C(OCc2ccc(COP(OCCC#N)N(C(C)C)C(C)C)c([N+](=O)[O-])c2)(c2ccccc2)c2ccc(OC)cc2)cc1. The second-order valence-corrected chi connectivity index (χ2v) is 13.3. The molecule has 0 saturated carbocycles. The van der Waals surface area contributed by atoms with Gasteiger partial charge in [0.1, 0.15) is 17.1 Å². The number of ether oxygens (including phenoxy) is 3. The fraction of sp³-hybridized carbons (Fsp3) is 0.342. The first kappa shape index (κ1) is 37.5. The van der Waals surface area contributed by atoms with Crippen molar-refractivity contribution < 1.29 is 28.2 Å². The van der Waals surface area contributed by atoms with Gasteiger partial charge in [-0.3, -0.25) is 10.1 Å². The van der Waals surface area contributed by atoms with Crippen molar-refractivity contribution in [2.45, 2.75) is 65.0 Å². The number of hydrogen-bond donors (Lipinski definition) is 0. The largest absolute Gasteiger partial charge is 0.497 e. The van der Waals surface area contributed by atoms with Crippen LogP contribution in [-0.2, 0) is 32.6 Å². The van der Waals surface area contributed by atoms with Gasteiger partial charge >= 0.3 is 0 Å². The molecule has 4 aromatic rings. The van der Waals surface area contributed by atoms with Crippen molar-refractivity contribution in [1.29, 1.82) is 5.26 Å². The van der Waals surface area contributed by atoms with Crippen molar-refractivity contribution in [2.24, 2.45) is 0 Å². The maximum atomic E-state index is 12.4. The first-order valence-electron chi connectivity index (χ1n) is 16.1. The third kappa shape index (κ3) is 9.21. The van der Waals surface area contributed by atoms with Crippen molar-refractivity contribution in [3.05, 3.63) is 135 Å². The van der Waals surface area contributed by atoms with E-state index in [4.69, 9.17) is 28.5 Å². The lowest BCUT2D eigenvalue weighted by Gasteiger charge is -2.36. The molecule has 0 aliphatic carbocycles. The first-order valence-corrected chi connectivity index (χ1v) is 17.2. The molecule has 0 aliphatic rings. The summed E-state index contributed by atoms with van der Waals surface area (Å²) in [7, 11) is 1.67. The summed E-state index contributed by atoms with van der Waals surface area (Å²) < 4.78 is 32.1. The lowest BCUT2D eigenvalue weighted by atomic mass is 9.80. The molecule has 0 fully saturated rings. The molecule has 0 N–H and O–H groups in total. The van der Waals surface area contributed by atoms with Crippen LogP contribution in [0.25, 0.3) is 0 Å². The molecular weight excluding hydrogens is 641 g/mol. The lowest BCUT2D eigenvalue weighted by molar-refractivity contribution is -0.385. The Kier molecular flexibility index (Phi) is 13.7. The molecule has 0 saturated heterocycles. The molecule has 10 nitrogen and oxygen atoms in total. The minimum absolute atomic E-state index is 0.0305. The summed E-state index contributed by atoms with van der Waals surface area (Å²) in [5, 5.41) is 21.4. The summed E-state index contributed by atoms with van der Waals surface area (Å²) in [6.07, 6.45) is 0.221. The van der Waals surface area contributed by atoms with E-state index < -0.39 is 19.1 Å². The molecule has 0 bridgehead atoms. The van der Waals surface area contributed by atoms with E-state index in [1.54, 1.807) is 20.3 Å². The standard InChI is InChI=1S/C38H44N3O7P/c1-28(2)40(29(3)4)49(47-24-10-23-39)48-27-31-14-13-30(25-37(31)41(42)43)26-46-38(32-11-8-7-9-12-32,33-15-19-35(44-5)20-16-33)34-17-21-36(45-6)22-18-34/h7-9,11-22,25,28-29H,10,24,26-27H2,1-6H3. The topological polar surface area (TPSA) is 116 Å². The zero-order chi connectivity index (χ0) is 35.4. The molecule has 4 aromatic carbocycles. The number of nitro benzene ring substituents is 1. The van der Waals surface area contributed by atoms with Crippen LogP contribution in [0.3, 0.4) is 0 Å². The second kappa shape index (κ2) is 17.9. The van der Waals surface area contributed by atoms with Gasteiger partial charge in [-0.05, 0) is 80.3 Å². The van der Waals surface area contributed by atoms with Crippen LogP contribution in [0, 0.1) is 21.4 Å². The van der Waals surface area contributed by atoms with Crippen molar-refractivity contribution in [2.75, 3.05) is 20.8 Å². The third-order valence-corrected chi connectivity index (χ3v) is 10.0. The Hall–Kier alpha value is -4.36. The molecule has 1 unspecified atom stereocenters. The summed E-state index contributed by atoms with van der Waals surface area (Å²) in [6, 6.07) is 32.6. The van der Waals surface area contributed by atoms with Crippen molar-refractivity contribution in [3.8, 4) is 17.6 Å². The average Bonchev–Trinajstić information content (AvgIpc) is 3.11. The molecule has 49 heavy (non-hydrogen) atoms. The number of hydrogen-bond acceptors (Lipinski definition) is 9. The summed E-state index contributed by atoms with van der Waals surface area (Å²) in [5.41, 5.74) is 2.47. The fourth-order valence-corrected chi connectivity index (χ4v) is 7.29. The number of nitrogens with zero attached hydrogens (tertiary/aromatic N) is 3. The highest BCUT2D eigenvalue weighted by molar-refractivity contribution is 7.44. The van der Waals surface area contributed by atoms with Gasteiger partial charge in [0.2, 0.25) is 0 Å². The molecule has 0 heterocycles. The molecule has 0 radical (unpaired) electrons. The van der Waals surface area contributed by atoms with Crippen LogP contribution in [0.2, 0.25) is 0 Å². The van der Waals surface area contributed by atoms with Gasteiger partial charge < -0.3 is 23.3 Å². The third-order valence-electron chi connectivity index (χ3n) is 7.97. The lowest BCUT2D eigenvalue weighted by Crippen LogP contribution is -2.33. The van der Waals surface area contributed by atoms with Crippen LogP contribution in [0.1, 0.15) is 61.9 Å². The van der Waals surface area contributed by atoms with Crippen molar-refractivity contribution in [1.82, 2.24) is 4.67 Å². The van der Waals surface area contributed by atoms with Crippen LogP contribution >= 0.6 is 8.53 Å². The van der Waals surface area contributed by atoms with Gasteiger partial charge in [0.15, 0.2) is 0 Å². The highest BCUT2D eigenvalue weighted by atomic mass is 31.2. The molecule has 0 aliphatic heterocycles. The average molecular weight is 686 g/mol. The number of nitriles is 1. The maximum absolute atomic E-state index is 12.4. The Morgan fingerprint density at radius 3 is 1.84 bits per heavy atom. The molecule has 0 spiro atoms. The smallest absolute Gasteiger partial charge is 0.275 e. The Bertz CT molecular complexity index is 1620. The monoisotopic (exact) mass is 685 g/mol. The van der Waals surface area contributed by atoms with E-state index in [-0.39, 0.29) is 44.0 Å². The number of nitro groups is 1. The van der Waals surface area contributed by atoms with E-state index in [0.717, 1.165) is 16.7 Å². The summed E-state index contributed by atoms with van der Waals surface area (Å²) >= 11 is 0. The molecule has 0 aromatic heterocycles. The van der Waals surface area contributed by atoms with Crippen molar-refractivity contribution >= 4 is 14.2 Å². The quantitative estimate of drug-likeness (QED) is 0.0333. The van der Waals surface area contributed by atoms with Gasteiger partial charge in [0.25, 0.3) is 14.2 Å². The van der Waals surface area contributed by atoms with E-state index in [2.05, 4.69) is 10.7 Å². The molecule has 0 amide bonds. The zero-order valence-electron chi connectivity index (χ0n) is 28.9. The molecular formula is C38H44N3O7P. The number of benzene rings is 4. The van der Waals surface area contributed by atoms with Crippen LogP contribution in [0.15, 0.2) is 97.1 Å². The van der Waals surface area contributed by atoms with Crippen LogP contribution in [0.4, 0.5) is 5.69 Å². The zero-order valence-corrected chi connectivity index (χ0v) is 29.8. The molecule has 11 heteroatoms. The van der Waals surface area contributed by atoms with E-state index in [1.165, 1.54) is 6.07 Å². The fourth-order valence-electron chi connectivity index (χ4n) is 5.70. The highest BCUT2D eigenvalue weighted by Crippen LogP contribution is 2.47. The Morgan fingerprint density at radius 1 is 0.796 bits per heavy atom. The Balaban J connectivity index is 1.70. The van der Waals surface area contributed by atoms with Gasteiger partial charge in [0.05, 0.1) is 57.0 Å². The normalized spacial score (nSPS) is 12.2. The van der Waals surface area contributed by atoms with Gasteiger partial charge in [0, 0.05) is 18.2 Å². The van der Waals surface area contributed by atoms with Gasteiger partial charge in [-0.25, -0.2) is 4.67 Å².